The highest BCUT2D eigenvalue weighted by molar-refractivity contribution is 9.10. The van der Waals surface area contributed by atoms with Gasteiger partial charge in [0, 0.05) is 18.2 Å². The van der Waals surface area contributed by atoms with Gasteiger partial charge in [-0.2, -0.15) is 0 Å². The van der Waals surface area contributed by atoms with Crippen LogP contribution in [-0.2, 0) is 6.54 Å². The van der Waals surface area contributed by atoms with Crippen LogP contribution in [0.1, 0.15) is 19.4 Å². The lowest BCUT2D eigenvalue weighted by molar-refractivity contribution is 0.454. The van der Waals surface area contributed by atoms with Gasteiger partial charge in [0.25, 0.3) is 0 Å². The van der Waals surface area contributed by atoms with Crippen molar-refractivity contribution in [1.29, 1.82) is 0 Å². The molecule has 0 saturated heterocycles. The summed E-state index contributed by atoms with van der Waals surface area (Å²) >= 11 is 3.24. The number of rotatable bonds is 5. The smallest absolute Gasteiger partial charge is 0.141 e. The maximum Gasteiger partial charge on any atom is 0.141 e. The third-order valence-corrected chi connectivity index (χ3v) is 3.50. The molecule has 21 heavy (non-hydrogen) atoms. The lowest BCUT2D eigenvalue weighted by Crippen LogP contribution is -2.22. The molecule has 112 valence electrons. The molecule has 0 fully saturated rings. The summed E-state index contributed by atoms with van der Waals surface area (Å²) in [6.07, 6.45) is 0. The molecule has 0 aliphatic rings. The largest absolute Gasteiger partial charge is 0.456 e. The Morgan fingerprint density at radius 1 is 1.14 bits per heavy atom. The summed E-state index contributed by atoms with van der Waals surface area (Å²) in [4.78, 5) is 0. The summed E-state index contributed by atoms with van der Waals surface area (Å²) in [7, 11) is 0. The number of halogens is 3. The molecule has 2 aromatic rings. The van der Waals surface area contributed by atoms with Crippen LogP contribution in [0.25, 0.3) is 0 Å². The fourth-order valence-electron chi connectivity index (χ4n) is 1.79. The van der Waals surface area contributed by atoms with Gasteiger partial charge in [0.1, 0.15) is 23.1 Å². The Labute approximate surface area is 131 Å². The van der Waals surface area contributed by atoms with E-state index in [1.165, 1.54) is 24.3 Å². The molecule has 2 rings (SSSR count). The molecule has 1 N–H and O–H groups in total. The van der Waals surface area contributed by atoms with E-state index in [-0.39, 0.29) is 17.7 Å². The first-order chi connectivity index (χ1) is 9.97. The molecule has 2 aromatic carbocycles. The lowest BCUT2D eigenvalue weighted by atomic mass is 10.1. The van der Waals surface area contributed by atoms with Gasteiger partial charge in [0.2, 0.25) is 0 Å². The highest BCUT2D eigenvalue weighted by Gasteiger charge is 2.12. The van der Waals surface area contributed by atoms with Crippen molar-refractivity contribution in [3.8, 4) is 11.5 Å². The van der Waals surface area contributed by atoms with Crippen molar-refractivity contribution in [2.24, 2.45) is 0 Å². The maximum absolute atomic E-state index is 14.0. The van der Waals surface area contributed by atoms with Crippen LogP contribution in [0.3, 0.4) is 0 Å². The van der Waals surface area contributed by atoms with Crippen LogP contribution in [-0.4, -0.2) is 6.04 Å². The van der Waals surface area contributed by atoms with E-state index in [4.69, 9.17) is 4.74 Å². The van der Waals surface area contributed by atoms with Crippen molar-refractivity contribution in [3.05, 3.63) is 58.1 Å². The monoisotopic (exact) mass is 355 g/mol. The molecule has 0 heterocycles. The Bertz CT molecular complexity index is 632. The SMILES string of the molecule is CC(C)NCc1c(F)cccc1Oc1ccc(F)cc1Br. The molecule has 0 unspecified atom stereocenters. The average Bonchev–Trinajstić information content (AvgIpc) is 2.41. The van der Waals surface area contributed by atoms with Gasteiger partial charge >= 0.3 is 0 Å². The summed E-state index contributed by atoms with van der Waals surface area (Å²) in [6, 6.07) is 9.01. The van der Waals surface area contributed by atoms with Crippen molar-refractivity contribution in [2.75, 3.05) is 0 Å². The second-order valence-electron chi connectivity index (χ2n) is 4.93. The molecule has 0 aliphatic heterocycles. The van der Waals surface area contributed by atoms with Gasteiger partial charge in [-0.15, -0.1) is 0 Å². The third-order valence-electron chi connectivity index (χ3n) is 2.88. The molecule has 0 aromatic heterocycles. The number of ether oxygens (including phenoxy) is 1. The molecule has 5 heteroatoms. The minimum absolute atomic E-state index is 0.231. The topological polar surface area (TPSA) is 21.3 Å². The molecule has 0 spiro atoms. The van der Waals surface area contributed by atoms with Crippen molar-refractivity contribution < 1.29 is 13.5 Å². The Morgan fingerprint density at radius 2 is 1.90 bits per heavy atom. The van der Waals surface area contributed by atoms with Crippen LogP contribution in [0.15, 0.2) is 40.9 Å². The van der Waals surface area contributed by atoms with E-state index >= 15 is 0 Å². The first-order valence-electron chi connectivity index (χ1n) is 6.61. The minimum Gasteiger partial charge on any atom is -0.456 e. The van der Waals surface area contributed by atoms with E-state index in [1.807, 2.05) is 13.8 Å². The van der Waals surface area contributed by atoms with Crippen molar-refractivity contribution in [3.63, 3.8) is 0 Å². The van der Waals surface area contributed by atoms with E-state index in [0.29, 0.717) is 28.1 Å². The van der Waals surface area contributed by atoms with Crippen LogP contribution in [0.2, 0.25) is 0 Å². The molecule has 2 nitrogen and oxygen atoms in total. The Morgan fingerprint density at radius 3 is 2.57 bits per heavy atom. The number of benzene rings is 2. The molecular formula is C16H16BrF2NO. The van der Waals surface area contributed by atoms with Gasteiger partial charge in [0.05, 0.1) is 4.47 Å². The predicted octanol–water partition coefficient (Wildman–Crippen LogP) is 5.02. The number of hydrogen-bond acceptors (Lipinski definition) is 2. The van der Waals surface area contributed by atoms with Gasteiger partial charge in [0.15, 0.2) is 0 Å². The van der Waals surface area contributed by atoms with Crippen LogP contribution >= 0.6 is 15.9 Å². The van der Waals surface area contributed by atoms with Crippen LogP contribution in [0.4, 0.5) is 8.78 Å². The minimum atomic E-state index is -0.366. The van der Waals surface area contributed by atoms with E-state index in [9.17, 15) is 8.78 Å². The van der Waals surface area contributed by atoms with Gasteiger partial charge in [-0.3, -0.25) is 0 Å². The van der Waals surface area contributed by atoms with E-state index in [1.54, 1.807) is 12.1 Å². The average molecular weight is 356 g/mol. The summed E-state index contributed by atoms with van der Waals surface area (Å²) in [5, 5.41) is 3.16. The fraction of sp³-hybridized carbons (Fsp3) is 0.250. The van der Waals surface area contributed by atoms with Crippen molar-refractivity contribution in [1.82, 2.24) is 5.32 Å². The van der Waals surface area contributed by atoms with Crippen LogP contribution in [0, 0.1) is 11.6 Å². The fourth-order valence-corrected chi connectivity index (χ4v) is 2.22. The quantitative estimate of drug-likeness (QED) is 0.813. The van der Waals surface area contributed by atoms with Gasteiger partial charge in [-0.1, -0.05) is 19.9 Å². The zero-order valence-corrected chi connectivity index (χ0v) is 13.4. The highest BCUT2D eigenvalue weighted by atomic mass is 79.9. The van der Waals surface area contributed by atoms with Crippen LogP contribution in [0.5, 0.6) is 11.5 Å². The summed E-state index contributed by atoms with van der Waals surface area (Å²) in [5.41, 5.74) is 0.447. The Balaban J connectivity index is 2.28. The molecular weight excluding hydrogens is 340 g/mol. The maximum atomic E-state index is 14.0. The van der Waals surface area contributed by atoms with E-state index < -0.39 is 0 Å². The summed E-state index contributed by atoms with van der Waals surface area (Å²) in [6.45, 7) is 4.33. The van der Waals surface area contributed by atoms with Crippen molar-refractivity contribution >= 4 is 15.9 Å². The number of nitrogens with one attached hydrogen (secondary N) is 1. The van der Waals surface area contributed by atoms with Crippen LogP contribution < -0.4 is 10.1 Å². The molecule has 0 saturated carbocycles. The normalized spacial score (nSPS) is 11.0. The molecule has 0 radical (unpaired) electrons. The molecule has 0 amide bonds. The summed E-state index contributed by atoms with van der Waals surface area (Å²) < 4.78 is 33.3. The second-order valence-corrected chi connectivity index (χ2v) is 5.78. The molecule has 0 bridgehead atoms. The predicted molar refractivity (Wildman–Crippen MR) is 82.5 cm³/mol. The Hall–Kier alpha value is -1.46. The van der Waals surface area contributed by atoms with Gasteiger partial charge in [-0.25, -0.2) is 8.78 Å². The second kappa shape index (κ2) is 7.00. The Kier molecular flexibility index (Phi) is 5.31. The first kappa shape index (κ1) is 15.9. The number of hydrogen-bond donors (Lipinski definition) is 1. The zero-order chi connectivity index (χ0) is 15.4. The lowest BCUT2D eigenvalue weighted by Gasteiger charge is -2.15. The standard InChI is InChI=1S/C16H16BrF2NO/c1-10(2)20-9-12-14(19)4-3-5-15(12)21-16-7-6-11(18)8-13(16)17/h3-8,10,20H,9H2,1-2H3. The van der Waals surface area contributed by atoms with E-state index in [0.717, 1.165) is 0 Å². The summed E-state index contributed by atoms with van der Waals surface area (Å²) in [5.74, 6) is 0.150. The van der Waals surface area contributed by atoms with E-state index in [2.05, 4.69) is 21.2 Å². The molecule has 0 atom stereocenters. The van der Waals surface area contributed by atoms with Gasteiger partial charge in [-0.05, 0) is 46.3 Å². The zero-order valence-electron chi connectivity index (χ0n) is 11.8. The highest BCUT2D eigenvalue weighted by Crippen LogP contribution is 2.32. The third kappa shape index (κ3) is 4.25. The van der Waals surface area contributed by atoms with Gasteiger partial charge < -0.3 is 10.1 Å². The van der Waals surface area contributed by atoms with Crippen molar-refractivity contribution in [2.45, 2.75) is 26.4 Å². The first-order valence-corrected chi connectivity index (χ1v) is 7.40. The molecule has 0 aliphatic carbocycles.